The monoisotopic (exact) mass is 574 g/mol. The van der Waals surface area contributed by atoms with E-state index in [4.69, 9.17) is 28.4 Å². The number of esters is 4. The number of rotatable bonds is 12. The molecule has 1 N–H and O–H groups in total. The van der Waals surface area contributed by atoms with Crippen LogP contribution in [0.2, 0.25) is 0 Å². The summed E-state index contributed by atoms with van der Waals surface area (Å²) in [5.41, 5.74) is -2.59. The Balaban J connectivity index is 3.13. The molecule has 11 heteroatoms. The van der Waals surface area contributed by atoms with E-state index < -0.39 is 64.9 Å². The summed E-state index contributed by atoms with van der Waals surface area (Å²) in [5, 5.41) is 11.4. The van der Waals surface area contributed by atoms with Crippen molar-refractivity contribution in [2.24, 2.45) is 16.2 Å². The smallest absolute Gasteiger partial charge is 0.311 e. The Morgan fingerprint density at radius 2 is 1.25 bits per heavy atom. The van der Waals surface area contributed by atoms with Crippen molar-refractivity contribution in [3.05, 3.63) is 0 Å². The van der Waals surface area contributed by atoms with E-state index in [0.29, 0.717) is 32.3 Å². The predicted molar refractivity (Wildman–Crippen MR) is 145 cm³/mol. The van der Waals surface area contributed by atoms with Crippen molar-refractivity contribution >= 4 is 23.9 Å². The molecule has 5 atom stereocenters. The molecule has 1 aliphatic heterocycles. The topological polar surface area (TPSA) is 144 Å². The molecule has 1 rings (SSSR count). The van der Waals surface area contributed by atoms with Gasteiger partial charge in [-0.3, -0.25) is 19.2 Å². The fourth-order valence-electron chi connectivity index (χ4n) is 3.39. The molecule has 0 aliphatic carbocycles. The standard InChI is InChI=1S/C29H50O11/c1-11-35-19(30)15-13-12-14-16-36-23-22(40-26(34)29(8,9)10)20(31)21(39-25(33)28(5,6)7)18(38-23)17-37-24(32)27(2,3)4/h18,20-23,31H,11-17H2,1-10H3/t18-,20+,21+,22-,23-/m1/s1. The largest absolute Gasteiger partial charge is 0.466 e. The number of unbranched alkanes of at least 4 members (excludes halogenated alkanes) is 2. The summed E-state index contributed by atoms with van der Waals surface area (Å²) in [6, 6.07) is 0. The molecule has 1 heterocycles. The molecule has 0 radical (unpaired) electrons. The van der Waals surface area contributed by atoms with Gasteiger partial charge < -0.3 is 33.5 Å². The van der Waals surface area contributed by atoms with E-state index in [-0.39, 0.29) is 19.2 Å². The Morgan fingerprint density at radius 1 is 0.725 bits per heavy atom. The molecule has 11 nitrogen and oxygen atoms in total. The maximum Gasteiger partial charge on any atom is 0.311 e. The van der Waals surface area contributed by atoms with E-state index >= 15 is 0 Å². The Hall–Kier alpha value is -2.24. The van der Waals surface area contributed by atoms with Crippen LogP contribution in [0.25, 0.3) is 0 Å². The zero-order valence-electron chi connectivity index (χ0n) is 25.9. The van der Waals surface area contributed by atoms with E-state index in [1.54, 1.807) is 69.2 Å². The third kappa shape index (κ3) is 11.7. The molecule has 0 saturated carbocycles. The van der Waals surface area contributed by atoms with Crippen LogP contribution in [0.15, 0.2) is 0 Å². The van der Waals surface area contributed by atoms with Crippen molar-refractivity contribution in [1.82, 2.24) is 0 Å². The number of carbonyl (C=O) groups is 4. The Bertz CT molecular complexity index is 846. The highest BCUT2D eigenvalue weighted by Crippen LogP contribution is 2.31. The SMILES string of the molecule is CCOC(=O)CCCCCO[C@@H]1O[C@H](COC(=O)C(C)(C)C)[C@H](OC(=O)C(C)(C)C)[C@H](O)[C@H]1OC(=O)C(C)(C)C. The summed E-state index contributed by atoms with van der Waals surface area (Å²) < 4.78 is 33.6. The van der Waals surface area contributed by atoms with Gasteiger partial charge in [-0.15, -0.1) is 0 Å². The van der Waals surface area contributed by atoms with Crippen molar-refractivity contribution in [3.8, 4) is 0 Å². The van der Waals surface area contributed by atoms with Gasteiger partial charge in [0.05, 0.1) is 22.9 Å². The molecule has 1 aliphatic rings. The minimum atomic E-state index is -1.53. The van der Waals surface area contributed by atoms with Crippen LogP contribution in [0.3, 0.4) is 0 Å². The van der Waals surface area contributed by atoms with Crippen molar-refractivity contribution in [1.29, 1.82) is 0 Å². The van der Waals surface area contributed by atoms with E-state index in [0.717, 1.165) is 0 Å². The third-order valence-corrected chi connectivity index (χ3v) is 5.93. The first-order chi connectivity index (χ1) is 18.3. The van der Waals surface area contributed by atoms with Gasteiger partial charge in [0.25, 0.3) is 0 Å². The number of hydrogen-bond acceptors (Lipinski definition) is 11. The highest BCUT2D eigenvalue weighted by atomic mass is 16.7. The third-order valence-electron chi connectivity index (χ3n) is 5.93. The van der Waals surface area contributed by atoms with Crippen molar-refractivity contribution in [2.75, 3.05) is 19.8 Å². The van der Waals surface area contributed by atoms with Crippen LogP contribution in [-0.2, 0) is 47.6 Å². The lowest BCUT2D eigenvalue weighted by molar-refractivity contribution is -0.309. The Kier molecular flexibility index (Phi) is 13.5. The van der Waals surface area contributed by atoms with Crippen molar-refractivity contribution in [2.45, 2.75) is 126 Å². The van der Waals surface area contributed by atoms with E-state index in [1.165, 1.54) is 0 Å². The molecule has 1 saturated heterocycles. The fourth-order valence-corrected chi connectivity index (χ4v) is 3.39. The minimum absolute atomic E-state index is 0.171. The second-order valence-electron chi connectivity index (χ2n) is 13.1. The molecule has 0 spiro atoms. The van der Waals surface area contributed by atoms with Crippen LogP contribution >= 0.6 is 0 Å². The average molecular weight is 575 g/mol. The summed E-state index contributed by atoms with van der Waals surface area (Å²) in [6.45, 7) is 17.0. The average Bonchev–Trinajstić information content (AvgIpc) is 2.81. The summed E-state index contributed by atoms with van der Waals surface area (Å²) in [5.74, 6) is -2.00. The second-order valence-corrected chi connectivity index (χ2v) is 13.1. The summed E-state index contributed by atoms with van der Waals surface area (Å²) in [7, 11) is 0. The highest BCUT2D eigenvalue weighted by molar-refractivity contribution is 5.76. The molecular weight excluding hydrogens is 524 g/mol. The first-order valence-electron chi connectivity index (χ1n) is 14.0. The van der Waals surface area contributed by atoms with Gasteiger partial charge in [0.1, 0.15) is 18.8 Å². The van der Waals surface area contributed by atoms with Gasteiger partial charge in [-0.05, 0) is 82.1 Å². The normalized spacial score (nSPS) is 23.7. The quantitative estimate of drug-likeness (QED) is 0.207. The molecule has 0 aromatic heterocycles. The zero-order chi connectivity index (χ0) is 30.9. The molecule has 0 bridgehead atoms. The van der Waals surface area contributed by atoms with Gasteiger partial charge in [-0.25, -0.2) is 0 Å². The number of carbonyl (C=O) groups excluding carboxylic acids is 4. The second kappa shape index (κ2) is 15.1. The Morgan fingerprint density at radius 3 is 1.75 bits per heavy atom. The Labute approximate surface area is 238 Å². The van der Waals surface area contributed by atoms with Crippen molar-refractivity contribution in [3.63, 3.8) is 0 Å². The lowest BCUT2D eigenvalue weighted by atomic mass is 9.94. The van der Waals surface area contributed by atoms with E-state index in [2.05, 4.69) is 0 Å². The van der Waals surface area contributed by atoms with Gasteiger partial charge in [-0.1, -0.05) is 6.42 Å². The van der Waals surface area contributed by atoms with Crippen LogP contribution in [-0.4, -0.2) is 79.5 Å². The molecule has 40 heavy (non-hydrogen) atoms. The predicted octanol–water partition coefficient (Wildman–Crippen LogP) is 3.72. The van der Waals surface area contributed by atoms with Gasteiger partial charge in [0.15, 0.2) is 18.5 Å². The van der Waals surface area contributed by atoms with E-state index in [9.17, 15) is 24.3 Å². The highest BCUT2D eigenvalue weighted by Gasteiger charge is 2.51. The summed E-state index contributed by atoms with van der Waals surface area (Å²) in [6.07, 6.45) is -4.35. The van der Waals surface area contributed by atoms with Gasteiger partial charge in [0.2, 0.25) is 0 Å². The maximum atomic E-state index is 12.8. The van der Waals surface area contributed by atoms with Gasteiger partial charge in [-0.2, -0.15) is 0 Å². The molecule has 0 aromatic rings. The zero-order valence-corrected chi connectivity index (χ0v) is 25.9. The summed E-state index contributed by atoms with van der Waals surface area (Å²) >= 11 is 0. The van der Waals surface area contributed by atoms with Crippen LogP contribution in [0.1, 0.15) is 94.9 Å². The van der Waals surface area contributed by atoms with Crippen molar-refractivity contribution < 1.29 is 52.7 Å². The molecular formula is C29H50O11. The summed E-state index contributed by atoms with van der Waals surface area (Å²) in [4.78, 5) is 49.6. The van der Waals surface area contributed by atoms with Crippen LogP contribution in [0.4, 0.5) is 0 Å². The minimum Gasteiger partial charge on any atom is -0.466 e. The van der Waals surface area contributed by atoms with Crippen LogP contribution in [0.5, 0.6) is 0 Å². The fraction of sp³-hybridized carbons (Fsp3) is 0.862. The lowest BCUT2D eigenvalue weighted by Gasteiger charge is -2.44. The molecule has 0 amide bonds. The van der Waals surface area contributed by atoms with Gasteiger partial charge in [0, 0.05) is 13.0 Å². The number of hydrogen-bond donors (Lipinski definition) is 1. The first kappa shape index (κ1) is 35.8. The molecule has 0 unspecified atom stereocenters. The van der Waals surface area contributed by atoms with Crippen LogP contribution < -0.4 is 0 Å². The number of ether oxygens (including phenoxy) is 6. The first-order valence-corrected chi connectivity index (χ1v) is 14.0. The van der Waals surface area contributed by atoms with E-state index in [1.807, 2.05) is 0 Å². The number of aliphatic hydroxyl groups is 1. The molecule has 1 fully saturated rings. The molecule has 232 valence electrons. The van der Waals surface area contributed by atoms with Crippen LogP contribution in [0, 0.1) is 16.2 Å². The molecule has 0 aromatic carbocycles. The van der Waals surface area contributed by atoms with Gasteiger partial charge >= 0.3 is 23.9 Å². The number of aliphatic hydroxyl groups excluding tert-OH is 1. The lowest BCUT2D eigenvalue weighted by Crippen LogP contribution is -2.62. The maximum absolute atomic E-state index is 12.8.